The summed E-state index contributed by atoms with van der Waals surface area (Å²) in [7, 11) is 0. The summed E-state index contributed by atoms with van der Waals surface area (Å²) in [5.41, 5.74) is 1.65. The topological polar surface area (TPSA) is 43.1 Å². The number of hydrogen-bond donors (Lipinski definition) is 0. The number of rotatable bonds is 4. The Bertz CT molecular complexity index is 458. The van der Waals surface area contributed by atoms with E-state index >= 15 is 0 Å². The molecule has 17 heavy (non-hydrogen) atoms. The molecule has 0 amide bonds. The van der Waals surface area contributed by atoms with E-state index in [2.05, 4.69) is 15.9 Å². The Morgan fingerprint density at radius 3 is 2.71 bits per heavy atom. The summed E-state index contributed by atoms with van der Waals surface area (Å²) < 4.78 is 0.693. The van der Waals surface area contributed by atoms with E-state index in [0.717, 1.165) is 5.57 Å². The third kappa shape index (κ3) is 3.82. The average Bonchev–Trinajstić information content (AvgIpc) is 2.26. The van der Waals surface area contributed by atoms with Gasteiger partial charge in [0.2, 0.25) is 0 Å². The van der Waals surface area contributed by atoms with Gasteiger partial charge in [-0.25, -0.2) is 0 Å². The first-order chi connectivity index (χ1) is 7.95. The van der Waals surface area contributed by atoms with Crippen LogP contribution in [0.4, 0.5) is 5.69 Å². The van der Waals surface area contributed by atoms with Crippen LogP contribution < -0.4 is 0 Å². The molecule has 0 aliphatic carbocycles. The Kier molecular flexibility index (Phi) is 5.15. The van der Waals surface area contributed by atoms with Crippen molar-refractivity contribution in [2.45, 2.75) is 13.8 Å². The van der Waals surface area contributed by atoms with Crippen LogP contribution in [-0.4, -0.2) is 10.8 Å². The standard InChI is InChI=1S/C12H13BrClNO2/c1-8(2)10(7-14)5-9-3-4-11(13)6-12(9)15(16)17/h3-6,8H,7H2,1-2H3/b10-5+. The minimum Gasteiger partial charge on any atom is -0.258 e. The number of halogens is 2. The third-order valence-electron chi connectivity index (χ3n) is 2.43. The summed E-state index contributed by atoms with van der Waals surface area (Å²) in [4.78, 5) is 10.5. The maximum Gasteiger partial charge on any atom is 0.277 e. The van der Waals surface area contributed by atoms with Crippen LogP contribution in [0.2, 0.25) is 0 Å². The first-order valence-electron chi connectivity index (χ1n) is 5.16. The second kappa shape index (κ2) is 6.17. The average molecular weight is 319 g/mol. The molecule has 1 aromatic carbocycles. The Hall–Kier alpha value is -0.870. The fraction of sp³-hybridized carbons (Fsp3) is 0.333. The van der Waals surface area contributed by atoms with E-state index in [1.54, 1.807) is 18.2 Å². The van der Waals surface area contributed by atoms with E-state index in [0.29, 0.717) is 15.9 Å². The van der Waals surface area contributed by atoms with Gasteiger partial charge in [-0.15, -0.1) is 11.6 Å². The second-order valence-corrected chi connectivity index (χ2v) is 5.15. The molecule has 92 valence electrons. The molecule has 1 rings (SSSR count). The van der Waals surface area contributed by atoms with Gasteiger partial charge in [-0.2, -0.15) is 0 Å². The first-order valence-corrected chi connectivity index (χ1v) is 6.48. The fourth-order valence-corrected chi connectivity index (χ4v) is 2.09. The largest absolute Gasteiger partial charge is 0.277 e. The molecule has 0 saturated heterocycles. The number of alkyl halides is 1. The van der Waals surface area contributed by atoms with Gasteiger partial charge in [0.05, 0.1) is 10.5 Å². The second-order valence-electron chi connectivity index (χ2n) is 3.97. The molecule has 0 radical (unpaired) electrons. The van der Waals surface area contributed by atoms with Crippen LogP contribution >= 0.6 is 27.5 Å². The molecule has 1 aromatic rings. The first kappa shape index (κ1) is 14.2. The summed E-state index contributed by atoms with van der Waals surface area (Å²) >= 11 is 9.05. The summed E-state index contributed by atoms with van der Waals surface area (Å²) in [5, 5.41) is 10.9. The molecule has 0 aliphatic rings. The maximum atomic E-state index is 10.9. The number of nitro benzene ring substituents is 1. The summed E-state index contributed by atoms with van der Waals surface area (Å²) in [6.45, 7) is 4.03. The smallest absolute Gasteiger partial charge is 0.258 e. The van der Waals surface area contributed by atoms with Crippen LogP contribution in [0.15, 0.2) is 28.2 Å². The molecule has 0 saturated carbocycles. The van der Waals surface area contributed by atoms with E-state index in [1.165, 1.54) is 6.07 Å². The van der Waals surface area contributed by atoms with E-state index in [-0.39, 0.29) is 16.5 Å². The van der Waals surface area contributed by atoms with Crippen LogP contribution in [0.3, 0.4) is 0 Å². The van der Waals surface area contributed by atoms with E-state index in [1.807, 2.05) is 13.8 Å². The van der Waals surface area contributed by atoms with Crippen LogP contribution in [0.1, 0.15) is 19.4 Å². The van der Waals surface area contributed by atoms with Gasteiger partial charge in [0.15, 0.2) is 0 Å². The lowest BCUT2D eigenvalue weighted by molar-refractivity contribution is -0.385. The van der Waals surface area contributed by atoms with Crippen molar-refractivity contribution in [1.82, 2.24) is 0 Å². The minimum atomic E-state index is -0.386. The van der Waals surface area contributed by atoms with Crippen LogP contribution in [0.25, 0.3) is 6.08 Å². The Labute approximate surface area is 114 Å². The highest BCUT2D eigenvalue weighted by Crippen LogP contribution is 2.27. The van der Waals surface area contributed by atoms with Gasteiger partial charge in [-0.3, -0.25) is 10.1 Å². The zero-order valence-corrected chi connectivity index (χ0v) is 12.0. The van der Waals surface area contributed by atoms with Crippen molar-refractivity contribution in [2.75, 3.05) is 5.88 Å². The lowest BCUT2D eigenvalue weighted by Gasteiger charge is -2.08. The molecule has 0 unspecified atom stereocenters. The van der Waals surface area contributed by atoms with Gasteiger partial charge in [-0.1, -0.05) is 35.4 Å². The molecule has 0 atom stereocenters. The van der Waals surface area contributed by atoms with Crippen molar-refractivity contribution < 1.29 is 4.92 Å². The van der Waals surface area contributed by atoms with Gasteiger partial charge < -0.3 is 0 Å². The van der Waals surface area contributed by atoms with Crippen LogP contribution in [0.5, 0.6) is 0 Å². The molecule has 5 heteroatoms. The molecule has 0 N–H and O–H groups in total. The highest BCUT2D eigenvalue weighted by atomic mass is 79.9. The zero-order chi connectivity index (χ0) is 13.0. The van der Waals surface area contributed by atoms with Gasteiger partial charge in [-0.05, 0) is 24.1 Å². The number of allylic oxidation sites excluding steroid dienone is 1. The Morgan fingerprint density at radius 2 is 2.24 bits per heavy atom. The third-order valence-corrected chi connectivity index (χ3v) is 3.23. The van der Waals surface area contributed by atoms with Crippen LogP contribution in [0, 0.1) is 16.0 Å². The molecule has 0 fully saturated rings. The minimum absolute atomic E-state index is 0.0858. The van der Waals surface area contributed by atoms with Gasteiger partial charge in [0, 0.05) is 16.4 Å². The Morgan fingerprint density at radius 1 is 1.59 bits per heavy atom. The van der Waals surface area contributed by atoms with Crippen molar-refractivity contribution >= 4 is 39.3 Å². The predicted molar refractivity (Wildman–Crippen MR) is 74.3 cm³/mol. The van der Waals surface area contributed by atoms with Crippen molar-refractivity contribution in [3.05, 3.63) is 43.9 Å². The highest BCUT2D eigenvalue weighted by molar-refractivity contribution is 9.10. The molecule has 3 nitrogen and oxygen atoms in total. The fourth-order valence-electron chi connectivity index (χ4n) is 1.36. The van der Waals surface area contributed by atoms with E-state index in [4.69, 9.17) is 11.6 Å². The van der Waals surface area contributed by atoms with Crippen molar-refractivity contribution in [3.63, 3.8) is 0 Å². The summed E-state index contributed by atoms with van der Waals surface area (Å²) in [6.07, 6.45) is 1.79. The lowest BCUT2D eigenvalue weighted by Crippen LogP contribution is -1.97. The normalized spacial score (nSPS) is 11.9. The predicted octanol–water partition coefficient (Wildman–Crippen LogP) is 4.64. The quantitative estimate of drug-likeness (QED) is 0.461. The zero-order valence-electron chi connectivity index (χ0n) is 9.61. The Balaban J connectivity index is 3.26. The summed E-state index contributed by atoms with van der Waals surface area (Å²) in [5.74, 6) is 0.654. The number of nitrogens with zero attached hydrogens (tertiary/aromatic N) is 1. The van der Waals surface area contributed by atoms with Crippen LogP contribution in [-0.2, 0) is 0 Å². The summed E-state index contributed by atoms with van der Waals surface area (Å²) in [6, 6.07) is 5.00. The SMILES string of the molecule is CC(C)/C(=C/c1ccc(Br)cc1[N+](=O)[O-])CCl. The molecule has 0 aromatic heterocycles. The van der Waals surface area contributed by atoms with Crippen molar-refractivity contribution in [3.8, 4) is 0 Å². The van der Waals surface area contributed by atoms with E-state index < -0.39 is 0 Å². The van der Waals surface area contributed by atoms with Gasteiger partial charge in [0.1, 0.15) is 0 Å². The molecule has 0 aliphatic heterocycles. The van der Waals surface area contributed by atoms with Gasteiger partial charge in [0.25, 0.3) is 5.69 Å². The molecule has 0 bridgehead atoms. The molecule has 0 spiro atoms. The number of benzene rings is 1. The van der Waals surface area contributed by atoms with Gasteiger partial charge >= 0.3 is 0 Å². The van der Waals surface area contributed by atoms with Crippen molar-refractivity contribution in [1.29, 1.82) is 0 Å². The number of nitro groups is 1. The van der Waals surface area contributed by atoms with E-state index in [9.17, 15) is 10.1 Å². The highest BCUT2D eigenvalue weighted by Gasteiger charge is 2.13. The number of hydrogen-bond acceptors (Lipinski definition) is 2. The van der Waals surface area contributed by atoms with Crippen molar-refractivity contribution in [2.24, 2.45) is 5.92 Å². The molecule has 0 heterocycles. The lowest BCUT2D eigenvalue weighted by atomic mass is 10.0. The molecular weight excluding hydrogens is 305 g/mol. The monoisotopic (exact) mass is 317 g/mol. The molecular formula is C12H13BrClNO2. The maximum absolute atomic E-state index is 10.9.